The van der Waals surface area contributed by atoms with Gasteiger partial charge in [-0.15, -0.1) is 4.68 Å². The van der Waals surface area contributed by atoms with Crippen LogP contribution in [0.15, 0.2) is 71.8 Å². The fourth-order valence-electron chi connectivity index (χ4n) is 3.66. The summed E-state index contributed by atoms with van der Waals surface area (Å²) in [6, 6.07) is 17.4. The Bertz CT molecular complexity index is 1450. The number of anilines is 1. The molecule has 0 radical (unpaired) electrons. The third kappa shape index (κ3) is 5.23. The minimum Gasteiger partial charge on any atom is -0.392 e. The summed E-state index contributed by atoms with van der Waals surface area (Å²) in [7, 11) is -4.06. The lowest BCUT2D eigenvalue weighted by Crippen LogP contribution is -2.36. The van der Waals surface area contributed by atoms with Gasteiger partial charge in [0.15, 0.2) is 6.54 Å². The summed E-state index contributed by atoms with van der Waals surface area (Å²) < 4.78 is 26.3. The molecule has 0 fully saturated rings. The Morgan fingerprint density at radius 3 is 2.58 bits per heavy atom. The van der Waals surface area contributed by atoms with E-state index in [2.05, 4.69) is 10.4 Å². The van der Waals surface area contributed by atoms with Gasteiger partial charge in [0.05, 0.1) is 29.5 Å². The summed E-state index contributed by atoms with van der Waals surface area (Å²) in [5.41, 5.74) is 3.16. The summed E-state index contributed by atoms with van der Waals surface area (Å²) in [6.07, 6.45) is 1.59. The summed E-state index contributed by atoms with van der Waals surface area (Å²) >= 11 is 6.14. The molecule has 5 N–H and O–H groups in total. The molecule has 0 spiro atoms. The minimum atomic E-state index is -4.06. The number of nitrogens with two attached hydrogens (primary N) is 1. The molecule has 0 atom stereocenters. The molecule has 1 amide bonds. The highest BCUT2D eigenvalue weighted by molar-refractivity contribution is 7.89. The van der Waals surface area contributed by atoms with E-state index in [9.17, 15) is 18.3 Å². The van der Waals surface area contributed by atoms with Gasteiger partial charge in [0.2, 0.25) is 21.4 Å². The van der Waals surface area contributed by atoms with Gasteiger partial charge in [-0.1, -0.05) is 48.0 Å². The third-order valence-electron chi connectivity index (χ3n) is 5.19. The van der Waals surface area contributed by atoms with Crippen molar-refractivity contribution in [2.24, 2.45) is 5.14 Å². The van der Waals surface area contributed by atoms with Gasteiger partial charge in [0.25, 0.3) is 0 Å². The molecule has 33 heavy (non-hydrogen) atoms. The van der Waals surface area contributed by atoms with Crippen LogP contribution in [0.25, 0.3) is 10.9 Å². The number of aliphatic hydroxyl groups is 1. The molecular formula is C23H22ClN4O4S+. The number of carbonyl (C=O) groups excluding carboxylic acids is 1. The van der Waals surface area contributed by atoms with Crippen molar-refractivity contribution >= 4 is 44.1 Å². The summed E-state index contributed by atoms with van der Waals surface area (Å²) in [6.45, 7) is 0.305. The lowest BCUT2D eigenvalue weighted by molar-refractivity contribution is -0.718. The second kappa shape index (κ2) is 9.32. The normalized spacial score (nSPS) is 11.6. The van der Waals surface area contributed by atoms with Gasteiger partial charge in [-0.25, -0.2) is 13.6 Å². The van der Waals surface area contributed by atoms with Crippen molar-refractivity contribution in [2.75, 3.05) is 5.32 Å². The first-order valence-electron chi connectivity index (χ1n) is 10.0. The number of hydrogen-bond donors (Lipinski definition) is 4. The Morgan fingerprint density at radius 1 is 1.09 bits per heavy atom. The molecule has 170 valence electrons. The first-order valence-corrected chi connectivity index (χ1v) is 12.0. The number of carbonyl (C=O) groups is 1. The zero-order valence-corrected chi connectivity index (χ0v) is 19.0. The first kappa shape index (κ1) is 22.9. The van der Waals surface area contributed by atoms with E-state index in [0.29, 0.717) is 33.7 Å². The van der Waals surface area contributed by atoms with Gasteiger partial charge in [0.1, 0.15) is 0 Å². The van der Waals surface area contributed by atoms with E-state index in [1.165, 1.54) is 6.07 Å². The second-order valence-corrected chi connectivity index (χ2v) is 9.54. The first-order chi connectivity index (χ1) is 15.7. The Balaban J connectivity index is 1.70. The van der Waals surface area contributed by atoms with Crippen molar-refractivity contribution in [3.8, 4) is 0 Å². The van der Waals surface area contributed by atoms with Crippen LogP contribution in [0.5, 0.6) is 0 Å². The number of aromatic nitrogens is 2. The Kier molecular flexibility index (Phi) is 6.48. The number of primary sulfonamides is 1. The number of benzene rings is 3. The molecule has 1 heterocycles. The van der Waals surface area contributed by atoms with Crippen molar-refractivity contribution in [1.82, 2.24) is 5.10 Å². The molecular weight excluding hydrogens is 464 g/mol. The Hall–Kier alpha value is -3.24. The van der Waals surface area contributed by atoms with Crippen molar-refractivity contribution in [3.63, 3.8) is 0 Å². The molecule has 0 saturated heterocycles. The lowest BCUT2D eigenvalue weighted by atomic mass is 10.1. The SMILES string of the molecule is NS(=O)(=O)c1cc(NC(=O)Cc2ccccc2Cl)cc2c1c[nH][n+]2Cc1cccc(CO)c1. The average Bonchev–Trinajstić information content (AvgIpc) is 3.16. The molecule has 0 unspecified atom stereocenters. The molecule has 0 saturated carbocycles. The molecule has 4 aromatic rings. The molecule has 1 aromatic heterocycles. The van der Waals surface area contributed by atoms with Gasteiger partial charge < -0.3 is 10.4 Å². The van der Waals surface area contributed by atoms with Crippen molar-refractivity contribution in [1.29, 1.82) is 0 Å². The van der Waals surface area contributed by atoms with Gasteiger partial charge in [-0.3, -0.25) is 4.79 Å². The van der Waals surface area contributed by atoms with E-state index < -0.39 is 10.0 Å². The van der Waals surface area contributed by atoms with Gasteiger partial charge >= 0.3 is 0 Å². The van der Waals surface area contributed by atoms with Crippen molar-refractivity contribution < 1.29 is 23.0 Å². The number of nitrogens with one attached hydrogen (secondary N) is 2. The number of fused-ring (bicyclic) bond motifs is 1. The molecule has 0 bridgehead atoms. The number of nitrogens with zero attached hydrogens (tertiary/aromatic N) is 1. The van der Waals surface area contributed by atoms with E-state index >= 15 is 0 Å². The van der Waals surface area contributed by atoms with Gasteiger partial charge in [-0.2, -0.15) is 5.10 Å². The van der Waals surface area contributed by atoms with Crippen LogP contribution in [0.3, 0.4) is 0 Å². The second-order valence-electron chi connectivity index (χ2n) is 7.61. The number of halogens is 1. The van der Waals surface area contributed by atoms with Crippen LogP contribution < -0.4 is 15.1 Å². The fraction of sp³-hybridized carbons (Fsp3) is 0.130. The number of amides is 1. The summed E-state index contributed by atoms with van der Waals surface area (Å²) in [5, 5.41) is 21.5. The van der Waals surface area contributed by atoms with Crippen LogP contribution >= 0.6 is 11.6 Å². The third-order valence-corrected chi connectivity index (χ3v) is 6.51. The number of sulfonamides is 1. The lowest BCUT2D eigenvalue weighted by Gasteiger charge is -2.08. The van der Waals surface area contributed by atoms with Crippen LogP contribution in [0.4, 0.5) is 5.69 Å². The standard InChI is InChI=1S/C23H21ClN4O4S/c24-20-7-2-1-6-17(20)9-23(30)27-18-10-21-19(22(11-18)33(25,31)32)12-26-28(21)13-15-4-3-5-16(8-15)14-29/h1-8,10-12,29H,9,13-14H2,(H3,25,26,27,30,31,32)/p+1. The minimum absolute atomic E-state index is 0.0313. The van der Waals surface area contributed by atoms with E-state index in [-0.39, 0.29) is 23.8 Å². The Morgan fingerprint density at radius 2 is 1.85 bits per heavy atom. The zero-order valence-electron chi connectivity index (χ0n) is 17.5. The van der Waals surface area contributed by atoms with Crippen molar-refractivity contribution in [3.05, 3.63) is 88.6 Å². The van der Waals surface area contributed by atoms with E-state index in [0.717, 1.165) is 11.1 Å². The van der Waals surface area contributed by atoms with Crippen LogP contribution in [-0.2, 0) is 34.4 Å². The highest BCUT2D eigenvalue weighted by Crippen LogP contribution is 2.25. The monoisotopic (exact) mass is 485 g/mol. The number of aliphatic hydroxyl groups excluding tert-OH is 1. The van der Waals surface area contributed by atoms with Crippen LogP contribution in [0, 0.1) is 0 Å². The highest BCUT2D eigenvalue weighted by atomic mass is 35.5. The molecule has 0 aliphatic heterocycles. The maximum Gasteiger partial charge on any atom is 0.242 e. The average molecular weight is 486 g/mol. The predicted molar refractivity (Wildman–Crippen MR) is 125 cm³/mol. The maximum atomic E-state index is 12.6. The summed E-state index contributed by atoms with van der Waals surface area (Å²) in [5.74, 6) is -0.347. The van der Waals surface area contributed by atoms with E-state index in [1.807, 2.05) is 24.3 Å². The molecule has 3 aromatic carbocycles. The van der Waals surface area contributed by atoms with Crippen LogP contribution in [0.2, 0.25) is 5.02 Å². The number of rotatable bonds is 7. The maximum absolute atomic E-state index is 12.6. The molecule has 0 aliphatic rings. The quantitative estimate of drug-likeness (QED) is 0.300. The van der Waals surface area contributed by atoms with E-state index in [4.69, 9.17) is 16.7 Å². The smallest absolute Gasteiger partial charge is 0.242 e. The number of H-pyrrole nitrogens is 1. The van der Waals surface area contributed by atoms with E-state index in [1.54, 1.807) is 41.2 Å². The van der Waals surface area contributed by atoms with Gasteiger partial charge in [-0.05, 0) is 29.3 Å². The van der Waals surface area contributed by atoms with Crippen LogP contribution in [0.1, 0.15) is 16.7 Å². The predicted octanol–water partition coefficient (Wildman–Crippen LogP) is 2.48. The largest absolute Gasteiger partial charge is 0.392 e. The van der Waals surface area contributed by atoms with Crippen molar-refractivity contribution in [2.45, 2.75) is 24.5 Å². The molecule has 10 heteroatoms. The zero-order chi connectivity index (χ0) is 23.6. The van der Waals surface area contributed by atoms with Gasteiger partial charge in [0, 0.05) is 22.3 Å². The molecule has 8 nitrogen and oxygen atoms in total. The number of aromatic amines is 1. The van der Waals surface area contributed by atoms with Crippen LogP contribution in [-0.4, -0.2) is 24.5 Å². The summed E-state index contributed by atoms with van der Waals surface area (Å²) in [4.78, 5) is 12.5. The topological polar surface area (TPSA) is 129 Å². The number of hydrogen-bond acceptors (Lipinski definition) is 4. The molecule has 4 rings (SSSR count). The fourth-order valence-corrected chi connectivity index (χ4v) is 4.62. The highest BCUT2D eigenvalue weighted by Gasteiger charge is 2.23. The molecule has 0 aliphatic carbocycles. The Labute approximate surface area is 195 Å².